The Kier molecular flexibility index (Phi) is 4.73. The first-order valence-corrected chi connectivity index (χ1v) is 6.39. The predicted molar refractivity (Wildman–Crippen MR) is 72.2 cm³/mol. The number of carbonyl (C=O) groups excluding carboxylic acids is 1. The van der Waals surface area contributed by atoms with Crippen LogP contribution in [-0.2, 0) is 4.74 Å². The predicted octanol–water partition coefficient (Wildman–Crippen LogP) is 1.68. The Morgan fingerprint density at radius 2 is 2.11 bits per heavy atom. The molecule has 1 aromatic carbocycles. The molecule has 1 aromatic rings. The first kappa shape index (κ1) is 13.1. The number of methoxy groups -OCH3 is 1. The van der Waals surface area contributed by atoms with E-state index < -0.39 is 0 Å². The van der Waals surface area contributed by atoms with Crippen molar-refractivity contribution in [1.82, 2.24) is 5.32 Å². The second kappa shape index (κ2) is 6.52. The zero-order valence-corrected chi connectivity index (χ0v) is 10.7. The van der Waals surface area contributed by atoms with Crippen molar-refractivity contribution in [2.24, 2.45) is 0 Å². The molecule has 2 rings (SSSR count). The van der Waals surface area contributed by atoms with Crippen LogP contribution in [0.5, 0.6) is 0 Å². The van der Waals surface area contributed by atoms with Crippen LogP contribution in [0.25, 0.3) is 0 Å². The van der Waals surface area contributed by atoms with Gasteiger partial charge in [-0.3, -0.25) is 4.79 Å². The standard InChI is InChI=1S/C14H20N2O2/c1-18-10-14(17)12-4-2-3-5-13(12)16-11-6-8-15-9-7-11/h2-5,11,15-16H,6-10H2,1H3. The van der Waals surface area contributed by atoms with E-state index in [0.717, 1.165) is 37.2 Å². The fourth-order valence-corrected chi connectivity index (χ4v) is 2.25. The summed E-state index contributed by atoms with van der Waals surface area (Å²) in [6.45, 7) is 2.20. The molecule has 98 valence electrons. The Morgan fingerprint density at radius 3 is 2.83 bits per heavy atom. The molecule has 0 bridgehead atoms. The van der Waals surface area contributed by atoms with E-state index in [-0.39, 0.29) is 12.4 Å². The van der Waals surface area contributed by atoms with Gasteiger partial charge >= 0.3 is 0 Å². The van der Waals surface area contributed by atoms with Crippen molar-refractivity contribution in [1.29, 1.82) is 0 Å². The normalized spacial score (nSPS) is 16.5. The Morgan fingerprint density at radius 1 is 1.39 bits per heavy atom. The number of anilines is 1. The topological polar surface area (TPSA) is 50.4 Å². The highest BCUT2D eigenvalue weighted by Gasteiger charge is 2.16. The summed E-state index contributed by atoms with van der Waals surface area (Å²) in [5.74, 6) is 0.0227. The fraction of sp³-hybridized carbons (Fsp3) is 0.500. The molecule has 1 saturated heterocycles. The van der Waals surface area contributed by atoms with Gasteiger partial charge in [0, 0.05) is 24.4 Å². The SMILES string of the molecule is COCC(=O)c1ccccc1NC1CCNCC1. The van der Waals surface area contributed by atoms with Crippen LogP contribution in [0.15, 0.2) is 24.3 Å². The Labute approximate surface area is 108 Å². The summed E-state index contributed by atoms with van der Waals surface area (Å²) < 4.78 is 4.92. The molecule has 0 aromatic heterocycles. The molecule has 1 fully saturated rings. The molecule has 1 heterocycles. The maximum absolute atomic E-state index is 11.9. The van der Waals surface area contributed by atoms with Crippen LogP contribution in [0.1, 0.15) is 23.2 Å². The number of hydrogen-bond acceptors (Lipinski definition) is 4. The second-order valence-electron chi connectivity index (χ2n) is 4.57. The number of piperidine rings is 1. The van der Waals surface area contributed by atoms with Crippen molar-refractivity contribution in [3.8, 4) is 0 Å². The molecule has 0 unspecified atom stereocenters. The summed E-state index contributed by atoms with van der Waals surface area (Å²) in [5, 5.41) is 6.80. The minimum absolute atomic E-state index is 0.0227. The molecule has 1 aliphatic rings. The van der Waals surface area contributed by atoms with Crippen LogP contribution < -0.4 is 10.6 Å². The molecule has 1 aliphatic heterocycles. The van der Waals surface area contributed by atoms with Crippen molar-refractivity contribution in [3.63, 3.8) is 0 Å². The van der Waals surface area contributed by atoms with Gasteiger partial charge in [-0.1, -0.05) is 12.1 Å². The first-order chi connectivity index (χ1) is 8.81. The lowest BCUT2D eigenvalue weighted by molar-refractivity contribution is 0.0849. The highest BCUT2D eigenvalue weighted by atomic mass is 16.5. The summed E-state index contributed by atoms with van der Waals surface area (Å²) >= 11 is 0. The third-order valence-electron chi connectivity index (χ3n) is 3.20. The minimum Gasteiger partial charge on any atom is -0.382 e. The van der Waals surface area contributed by atoms with E-state index in [0.29, 0.717) is 6.04 Å². The van der Waals surface area contributed by atoms with Crippen LogP contribution >= 0.6 is 0 Å². The molecule has 2 N–H and O–H groups in total. The summed E-state index contributed by atoms with van der Waals surface area (Å²) in [4.78, 5) is 11.9. The number of para-hydroxylation sites is 1. The van der Waals surface area contributed by atoms with Gasteiger partial charge in [-0.15, -0.1) is 0 Å². The average Bonchev–Trinajstić information content (AvgIpc) is 2.41. The maximum atomic E-state index is 11.9. The maximum Gasteiger partial charge on any atom is 0.190 e. The number of ether oxygens (including phenoxy) is 1. The van der Waals surface area contributed by atoms with Crippen molar-refractivity contribution >= 4 is 11.5 Å². The summed E-state index contributed by atoms with van der Waals surface area (Å²) in [6, 6.07) is 8.10. The molecule has 18 heavy (non-hydrogen) atoms. The number of carbonyl (C=O) groups is 1. The van der Waals surface area contributed by atoms with E-state index in [9.17, 15) is 4.79 Å². The van der Waals surface area contributed by atoms with E-state index in [4.69, 9.17) is 4.74 Å². The van der Waals surface area contributed by atoms with Crippen LogP contribution in [-0.4, -0.2) is 38.6 Å². The van der Waals surface area contributed by atoms with Crippen LogP contribution in [0, 0.1) is 0 Å². The molecule has 0 amide bonds. The fourth-order valence-electron chi connectivity index (χ4n) is 2.25. The quantitative estimate of drug-likeness (QED) is 0.778. The number of ketones is 1. The Bertz CT molecular complexity index is 401. The third kappa shape index (κ3) is 3.31. The molecule has 0 aliphatic carbocycles. The highest BCUT2D eigenvalue weighted by Crippen LogP contribution is 2.19. The second-order valence-corrected chi connectivity index (χ2v) is 4.57. The summed E-state index contributed by atoms with van der Waals surface area (Å²) in [7, 11) is 1.54. The van der Waals surface area contributed by atoms with Gasteiger partial charge in [0.2, 0.25) is 0 Å². The van der Waals surface area contributed by atoms with Crippen LogP contribution in [0.3, 0.4) is 0 Å². The number of benzene rings is 1. The van der Waals surface area contributed by atoms with Gasteiger partial charge in [0.15, 0.2) is 5.78 Å². The van der Waals surface area contributed by atoms with Gasteiger partial charge in [0.1, 0.15) is 6.61 Å². The first-order valence-electron chi connectivity index (χ1n) is 6.39. The summed E-state index contributed by atoms with van der Waals surface area (Å²) in [5.41, 5.74) is 1.64. The van der Waals surface area contributed by atoms with Crippen LogP contribution in [0.4, 0.5) is 5.69 Å². The molecular weight excluding hydrogens is 228 g/mol. The van der Waals surface area contributed by atoms with Gasteiger partial charge in [-0.2, -0.15) is 0 Å². The molecule has 0 atom stereocenters. The lowest BCUT2D eigenvalue weighted by Crippen LogP contribution is -2.35. The van der Waals surface area contributed by atoms with E-state index in [2.05, 4.69) is 10.6 Å². The van der Waals surface area contributed by atoms with Gasteiger partial charge in [0.25, 0.3) is 0 Å². The van der Waals surface area contributed by atoms with Crippen molar-refractivity contribution in [2.45, 2.75) is 18.9 Å². The molecular formula is C14H20N2O2. The Balaban J connectivity index is 2.08. The van der Waals surface area contributed by atoms with E-state index in [1.165, 1.54) is 0 Å². The van der Waals surface area contributed by atoms with E-state index >= 15 is 0 Å². The molecule has 0 saturated carbocycles. The van der Waals surface area contributed by atoms with Gasteiger partial charge in [-0.05, 0) is 38.1 Å². The summed E-state index contributed by atoms with van der Waals surface area (Å²) in [6.07, 6.45) is 2.18. The molecule has 4 heteroatoms. The van der Waals surface area contributed by atoms with Crippen molar-refractivity contribution in [3.05, 3.63) is 29.8 Å². The monoisotopic (exact) mass is 248 g/mol. The number of nitrogens with one attached hydrogen (secondary N) is 2. The largest absolute Gasteiger partial charge is 0.382 e. The molecule has 0 spiro atoms. The smallest absolute Gasteiger partial charge is 0.190 e. The number of Topliss-reactive ketones (excluding diaryl/α,β-unsaturated/α-hetero) is 1. The van der Waals surface area contributed by atoms with Gasteiger partial charge in [0.05, 0.1) is 0 Å². The van der Waals surface area contributed by atoms with E-state index in [1.807, 2.05) is 24.3 Å². The van der Waals surface area contributed by atoms with E-state index in [1.54, 1.807) is 7.11 Å². The third-order valence-corrected chi connectivity index (χ3v) is 3.20. The van der Waals surface area contributed by atoms with Crippen molar-refractivity contribution in [2.75, 3.05) is 32.1 Å². The number of hydrogen-bond donors (Lipinski definition) is 2. The lowest BCUT2D eigenvalue weighted by atomic mass is 10.0. The number of rotatable bonds is 5. The van der Waals surface area contributed by atoms with Crippen molar-refractivity contribution < 1.29 is 9.53 Å². The molecule has 4 nitrogen and oxygen atoms in total. The minimum atomic E-state index is 0.0227. The zero-order valence-electron chi connectivity index (χ0n) is 10.7. The zero-order chi connectivity index (χ0) is 12.8. The lowest BCUT2D eigenvalue weighted by Gasteiger charge is -2.25. The highest BCUT2D eigenvalue weighted by molar-refractivity contribution is 6.02. The average molecular weight is 248 g/mol. The van der Waals surface area contributed by atoms with Gasteiger partial charge < -0.3 is 15.4 Å². The van der Waals surface area contributed by atoms with Gasteiger partial charge in [-0.25, -0.2) is 0 Å². The Hall–Kier alpha value is -1.39. The molecule has 0 radical (unpaired) electrons. The van der Waals surface area contributed by atoms with Crippen LogP contribution in [0.2, 0.25) is 0 Å².